The van der Waals surface area contributed by atoms with Gasteiger partial charge in [0.25, 0.3) is 0 Å². The van der Waals surface area contributed by atoms with E-state index in [4.69, 9.17) is 37.9 Å². The molecule has 16 nitrogen and oxygen atoms in total. The lowest BCUT2D eigenvalue weighted by Gasteiger charge is -2.43. The van der Waals surface area contributed by atoms with Crippen LogP contribution in [-0.4, -0.2) is 91.7 Å². The molecule has 270 valence electrons. The van der Waals surface area contributed by atoms with E-state index in [2.05, 4.69) is 0 Å². The van der Waals surface area contributed by atoms with Crippen LogP contribution in [0.5, 0.6) is 5.75 Å². The monoisotopic (exact) mass is 709 g/mol. The van der Waals surface area contributed by atoms with Crippen molar-refractivity contribution in [2.75, 3.05) is 26.9 Å². The Morgan fingerprint density at radius 2 is 1.45 bits per heavy atom. The van der Waals surface area contributed by atoms with Gasteiger partial charge in [-0.05, 0) is 33.9 Å². The number of hydrogen-bond donors (Lipinski definition) is 1. The minimum absolute atomic E-state index is 0.116. The van der Waals surface area contributed by atoms with Gasteiger partial charge in [-0.1, -0.05) is 54.6 Å². The molecule has 0 unspecified atom stereocenters. The van der Waals surface area contributed by atoms with Gasteiger partial charge < -0.3 is 43.0 Å². The molecular weight excluding hydrogens is 674 g/mol. The summed E-state index contributed by atoms with van der Waals surface area (Å²) < 4.78 is 43.9. The first-order valence-corrected chi connectivity index (χ1v) is 15.7. The van der Waals surface area contributed by atoms with Gasteiger partial charge in [-0.2, -0.15) is 0 Å². The highest BCUT2D eigenvalue weighted by Crippen LogP contribution is 2.44. The molecule has 5 atom stereocenters. The van der Waals surface area contributed by atoms with Crippen LogP contribution in [0, 0.1) is 10.1 Å². The standard InChI is InChI=1S/C35H35NO15/c1-19(38)48-32-31(51-35(41)47-16-26-24-10-6-4-8-22(24)23-9-5-7-11-25(23)26)29(50-34(44-3)33(32)49-20(2)39)17-46-30(40)18-45-28-13-12-21(15-37)14-27(28)36(42)43/h4-14,26,29,31-34,37H,15-18H2,1-3H3/t29-,31-,32+,33-,34+/m1/s1. The lowest BCUT2D eigenvalue weighted by Crippen LogP contribution is -2.62. The average Bonchev–Trinajstić information content (AvgIpc) is 3.43. The van der Waals surface area contributed by atoms with E-state index < -0.39 is 85.2 Å². The third kappa shape index (κ3) is 8.60. The first-order valence-electron chi connectivity index (χ1n) is 15.7. The molecule has 2 aliphatic rings. The van der Waals surface area contributed by atoms with Crippen molar-refractivity contribution in [3.63, 3.8) is 0 Å². The Kier molecular flexibility index (Phi) is 11.8. The summed E-state index contributed by atoms with van der Waals surface area (Å²) in [6.45, 7) is 0.230. The maximum atomic E-state index is 13.3. The number of carbonyl (C=O) groups excluding carboxylic acids is 4. The Morgan fingerprint density at radius 1 is 0.824 bits per heavy atom. The minimum atomic E-state index is -1.55. The maximum Gasteiger partial charge on any atom is 0.508 e. The zero-order chi connectivity index (χ0) is 36.7. The lowest BCUT2D eigenvalue weighted by atomic mass is 9.98. The molecule has 0 radical (unpaired) electrons. The van der Waals surface area contributed by atoms with Gasteiger partial charge in [0, 0.05) is 32.9 Å². The molecule has 0 amide bonds. The molecular formula is C35H35NO15. The second-order valence-corrected chi connectivity index (χ2v) is 11.5. The number of nitro groups is 1. The Morgan fingerprint density at radius 3 is 2.04 bits per heavy atom. The number of aliphatic hydroxyl groups is 1. The number of carbonyl (C=O) groups is 4. The summed E-state index contributed by atoms with van der Waals surface area (Å²) >= 11 is 0. The summed E-state index contributed by atoms with van der Waals surface area (Å²) in [5, 5.41) is 20.7. The molecule has 1 N–H and O–H groups in total. The van der Waals surface area contributed by atoms with E-state index in [1.807, 2.05) is 48.5 Å². The third-order valence-electron chi connectivity index (χ3n) is 8.15. The van der Waals surface area contributed by atoms with Crippen molar-refractivity contribution in [2.24, 2.45) is 0 Å². The fourth-order valence-corrected chi connectivity index (χ4v) is 6.00. The Hall–Kier alpha value is -5.58. The van der Waals surface area contributed by atoms with Crippen LogP contribution in [0.15, 0.2) is 66.7 Å². The lowest BCUT2D eigenvalue weighted by molar-refractivity contribution is -0.385. The van der Waals surface area contributed by atoms with E-state index in [9.17, 15) is 34.4 Å². The van der Waals surface area contributed by atoms with Crippen molar-refractivity contribution in [3.8, 4) is 16.9 Å². The summed E-state index contributed by atoms with van der Waals surface area (Å²) in [6, 6.07) is 19.1. The van der Waals surface area contributed by atoms with Crippen molar-refractivity contribution < 1.29 is 67.1 Å². The van der Waals surface area contributed by atoms with Gasteiger partial charge in [0.05, 0.1) is 11.5 Å². The number of fused-ring (bicyclic) bond motifs is 3. The molecule has 1 saturated heterocycles. The van der Waals surface area contributed by atoms with Crippen LogP contribution in [0.3, 0.4) is 0 Å². The zero-order valence-electron chi connectivity index (χ0n) is 27.8. The number of nitrogens with zero attached hydrogens (tertiary/aromatic N) is 1. The number of aliphatic hydroxyl groups excluding tert-OH is 1. The molecule has 51 heavy (non-hydrogen) atoms. The van der Waals surface area contributed by atoms with E-state index in [0.29, 0.717) is 0 Å². The van der Waals surface area contributed by atoms with Crippen LogP contribution in [-0.2, 0) is 54.1 Å². The van der Waals surface area contributed by atoms with E-state index in [1.54, 1.807) is 0 Å². The van der Waals surface area contributed by atoms with Crippen LogP contribution >= 0.6 is 0 Å². The fourth-order valence-electron chi connectivity index (χ4n) is 6.00. The van der Waals surface area contributed by atoms with Crippen LogP contribution in [0.25, 0.3) is 11.1 Å². The van der Waals surface area contributed by atoms with Crippen molar-refractivity contribution in [1.29, 1.82) is 0 Å². The van der Waals surface area contributed by atoms with Crippen LogP contribution < -0.4 is 4.74 Å². The molecule has 0 saturated carbocycles. The largest absolute Gasteiger partial charge is 0.508 e. The van der Waals surface area contributed by atoms with Crippen molar-refractivity contribution in [1.82, 2.24) is 0 Å². The van der Waals surface area contributed by atoms with Crippen molar-refractivity contribution in [2.45, 2.75) is 57.1 Å². The Labute approximate surface area is 291 Å². The number of ether oxygens (including phenoxy) is 8. The van der Waals surface area contributed by atoms with Crippen LogP contribution in [0.4, 0.5) is 10.5 Å². The van der Waals surface area contributed by atoms with E-state index >= 15 is 0 Å². The van der Waals surface area contributed by atoms with Gasteiger partial charge in [-0.25, -0.2) is 9.59 Å². The quantitative estimate of drug-likeness (QED) is 0.117. The fraction of sp³-hybridized carbons (Fsp3) is 0.371. The summed E-state index contributed by atoms with van der Waals surface area (Å²) in [4.78, 5) is 61.0. The summed E-state index contributed by atoms with van der Waals surface area (Å²) in [6.07, 6.45) is -8.39. The van der Waals surface area contributed by atoms with Gasteiger partial charge in [0.1, 0.15) is 19.3 Å². The summed E-state index contributed by atoms with van der Waals surface area (Å²) in [5.41, 5.74) is 3.68. The second-order valence-electron chi connectivity index (χ2n) is 11.5. The molecule has 5 rings (SSSR count). The molecule has 1 aliphatic carbocycles. The van der Waals surface area contributed by atoms with Gasteiger partial charge >= 0.3 is 29.8 Å². The normalized spacial score (nSPS) is 20.7. The molecule has 1 fully saturated rings. The molecule has 1 heterocycles. The summed E-state index contributed by atoms with van der Waals surface area (Å²) in [5.74, 6) is -3.17. The molecule has 1 aliphatic heterocycles. The van der Waals surface area contributed by atoms with Gasteiger partial charge in [0.2, 0.25) is 0 Å². The van der Waals surface area contributed by atoms with Crippen LogP contribution in [0.2, 0.25) is 0 Å². The van der Waals surface area contributed by atoms with Crippen molar-refractivity contribution in [3.05, 3.63) is 93.5 Å². The van der Waals surface area contributed by atoms with E-state index in [1.165, 1.54) is 19.2 Å². The highest BCUT2D eigenvalue weighted by molar-refractivity contribution is 5.79. The molecule has 0 bridgehead atoms. The molecule has 3 aromatic carbocycles. The van der Waals surface area contributed by atoms with E-state index in [0.717, 1.165) is 42.2 Å². The van der Waals surface area contributed by atoms with Gasteiger partial charge in [-0.15, -0.1) is 0 Å². The van der Waals surface area contributed by atoms with Crippen LogP contribution in [0.1, 0.15) is 36.5 Å². The number of esters is 3. The molecule has 3 aromatic rings. The SMILES string of the molecule is CO[C@H]1O[C@H](COC(=O)COc2ccc(CO)cc2[N+](=O)[O-])[C@@H](OC(=O)OCC2c3ccccc3-c3ccccc32)[C@H](OC(C)=O)[C@H]1OC(C)=O. The number of methoxy groups -OCH3 is 1. The second kappa shape index (κ2) is 16.4. The van der Waals surface area contributed by atoms with Gasteiger partial charge in [-0.3, -0.25) is 19.7 Å². The maximum absolute atomic E-state index is 13.3. The first-order chi connectivity index (χ1) is 24.5. The van der Waals surface area contributed by atoms with E-state index in [-0.39, 0.29) is 23.8 Å². The van der Waals surface area contributed by atoms with Crippen molar-refractivity contribution >= 4 is 29.8 Å². The predicted octanol–water partition coefficient (Wildman–Crippen LogP) is 3.58. The zero-order valence-corrected chi connectivity index (χ0v) is 27.8. The average molecular weight is 710 g/mol. The minimum Gasteiger partial charge on any atom is -0.475 e. The Bertz CT molecular complexity index is 1730. The van der Waals surface area contributed by atoms with Gasteiger partial charge in [0.15, 0.2) is 37.0 Å². The summed E-state index contributed by atoms with van der Waals surface area (Å²) in [7, 11) is 1.23. The molecule has 0 aromatic heterocycles. The number of benzene rings is 3. The smallest absolute Gasteiger partial charge is 0.475 e. The third-order valence-corrected chi connectivity index (χ3v) is 8.15. The number of hydrogen-bond acceptors (Lipinski definition) is 15. The highest BCUT2D eigenvalue weighted by Gasteiger charge is 2.53. The number of rotatable bonds is 13. The number of nitro benzene ring substituents is 1. The highest BCUT2D eigenvalue weighted by atomic mass is 16.8. The topological polar surface area (TPSA) is 205 Å². The predicted molar refractivity (Wildman–Crippen MR) is 172 cm³/mol. The molecule has 16 heteroatoms. The Balaban J connectivity index is 1.32. The first kappa shape index (κ1) is 36.7. The molecule has 0 spiro atoms.